The van der Waals surface area contributed by atoms with Crippen LogP contribution < -0.4 is 16.0 Å². The van der Waals surface area contributed by atoms with Crippen molar-refractivity contribution in [3.05, 3.63) is 22.4 Å². The molecule has 0 spiro atoms. The highest BCUT2D eigenvalue weighted by Crippen LogP contribution is 2.22. The Hall–Kier alpha value is -1.60. The van der Waals surface area contributed by atoms with Crippen LogP contribution in [0.5, 0.6) is 0 Å². The van der Waals surface area contributed by atoms with Crippen LogP contribution in [0.2, 0.25) is 0 Å². The fourth-order valence-corrected chi connectivity index (χ4v) is 2.80. The van der Waals surface area contributed by atoms with Crippen molar-refractivity contribution in [2.75, 3.05) is 26.2 Å². The topological polar surface area (TPSA) is 85.8 Å². The summed E-state index contributed by atoms with van der Waals surface area (Å²) in [6.07, 6.45) is 0. The van der Waals surface area contributed by atoms with Crippen molar-refractivity contribution in [1.82, 2.24) is 16.0 Å². The van der Waals surface area contributed by atoms with Crippen molar-refractivity contribution in [2.24, 2.45) is 10.4 Å². The third kappa shape index (κ3) is 6.13. The van der Waals surface area contributed by atoms with Crippen LogP contribution in [0, 0.1) is 5.41 Å². The molecule has 0 bridgehead atoms. The molecular formula is C17H30N4O2S. The summed E-state index contributed by atoms with van der Waals surface area (Å²) >= 11 is 1.55. The van der Waals surface area contributed by atoms with Crippen molar-refractivity contribution in [2.45, 2.75) is 40.2 Å². The maximum Gasteiger partial charge on any atom is 0.227 e. The minimum absolute atomic E-state index is 0.0186. The second kappa shape index (κ2) is 9.03. The number of amides is 1. The van der Waals surface area contributed by atoms with Gasteiger partial charge >= 0.3 is 0 Å². The average Bonchev–Trinajstić information content (AvgIpc) is 3.05. The summed E-state index contributed by atoms with van der Waals surface area (Å²) < 4.78 is 0. The quantitative estimate of drug-likeness (QED) is 0.423. The van der Waals surface area contributed by atoms with Gasteiger partial charge in [0.15, 0.2) is 5.96 Å². The fourth-order valence-electron chi connectivity index (χ4n) is 2.02. The number of hydrogen-bond donors (Lipinski definition) is 4. The molecule has 0 aliphatic carbocycles. The highest BCUT2D eigenvalue weighted by atomic mass is 32.1. The van der Waals surface area contributed by atoms with Crippen molar-refractivity contribution >= 4 is 23.2 Å². The molecule has 1 rings (SSSR count). The first-order valence-electron chi connectivity index (χ1n) is 8.28. The molecule has 0 aliphatic heterocycles. The Morgan fingerprint density at radius 1 is 1.21 bits per heavy atom. The number of aliphatic imine (C=N–C) groups is 1. The number of hydrogen-bond acceptors (Lipinski definition) is 4. The molecule has 0 saturated carbocycles. The molecule has 1 heterocycles. The van der Waals surface area contributed by atoms with Gasteiger partial charge in [-0.3, -0.25) is 9.79 Å². The van der Waals surface area contributed by atoms with Crippen molar-refractivity contribution in [3.8, 4) is 0 Å². The van der Waals surface area contributed by atoms with E-state index < -0.39 is 11.0 Å². The molecule has 4 N–H and O–H groups in total. The third-order valence-electron chi connectivity index (χ3n) is 3.67. The van der Waals surface area contributed by atoms with Crippen LogP contribution in [0.4, 0.5) is 0 Å². The van der Waals surface area contributed by atoms with E-state index in [9.17, 15) is 9.90 Å². The van der Waals surface area contributed by atoms with E-state index in [0.717, 1.165) is 5.56 Å². The fraction of sp³-hybridized carbons (Fsp3) is 0.647. The molecule has 1 atom stereocenters. The molecule has 0 fully saturated rings. The third-order valence-corrected chi connectivity index (χ3v) is 4.36. The lowest BCUT2D eigenvalue weighted by Crippen LogP contribution is -2.45. The first kappa shape index (κ1) is 20.4. The van der Waals surface area contributed by atoms with Gasteiger partial charge in [-0.15, -0.1) is 0 Å². The zero-order valence-corrected chi connectivity index (χ0v) is 16.1. The summed E-state index contributed by atoms with van der Waals surface area (Å²) in [5, 5.41) is 23.6. The van der Waals surface area contributed by atoms with E-state index in [0.29, 0.717) is 32.1 Å². The largest absolute Gasteiger partial charge is 0.384 e. The van der Waals surface area contributed by atoms with E-state index in [4.69, 9.17) is 0 Å². The van der Waals surface area contributed by atoms with Crippen LogP contribution in [-0.2, 0) is 10.4 Å². The number of carbonyl (C=O) groups is 1. The van der Waals surface area contributed by atoms with Gasteiger partial charge in [-0.2, -0.15) is 11.3 Å². The number of carbonyl (C=O) groups excluding carboxylic acids is 1. The average molecular weight is 355 g/mol. The van der Waals surface area contributed by atoms with Gasteiger partial charge < -0.3 is 21.1 Å². The van der Waals surface area contributed by atoms with E-state index in [1.54, 1.807) is 18.3 Å². The minimum Gasteiger partial charge on any atom is -0.384 e. The van der Waals surface area contributed by atoms with Crippen LogP contribution in [0.1, 0.15) is 40.2 Å². The summed E-state index contributed by atoms with van der Waals surface area (Å²) in [6, 6.07) is 1.91. The zero-order chi connectivity index (χ0) is 18.2. The molecule has 1 aromatic rings. The Balaban J connectivity index is 2.71. The number of aliphatic hydroxyl groups is 1. The first-order valence-corrected chi connectivity index (χ1v) is 9.22. The Morgan fingerprint density at radius 2 is 1.88 bits per heavy atom. The number of thiophene rings is 1. The highest BCUT2D eigenvalue weighted by Gasteiger charge is 2.27. The number of nitrogens with zero attached hydrogens (tertiary/aromatic N) is 1. The van der Waals surface area contributed by atoms with Gasteiger partial charge in [0, 0.05) is 13.1 Å². The molecule has 0 saturated heterocycles. The second-order valence-corrected chi connectivity index (χ2v) is 7.36. The van der Waals surface area contributed by atoms with Gasteiger partial charge in [0.1, 0.15) is 5.60 Å². The predicted octanol–water partition coefficient (Wildman–Crippen LogP) is 1.67. The Morgan fingerprint density at radius 3 is 2.42 bits per heavy atom. The van der Waals surface area contributed by atoms with Gasteiger partial charge in [-0.05, 0) is 57.0 Å². The van der Waals surface area contributed by atoms with Crippen molar-refractivity contribution in [3.63, 3.8) is 0 Å². The lowest BCUT2D eigenvalue weighted by Gasteiger charge is -2.25. The van der Waals surface area contributed by atoms with Crippen LogP contribution in [0.25, 0.3) is 0 Å². The number of nitrogens with one attached hydrogen (secondary N) is 3. The maximum atomic E-state index is 12.0. The van der Waals surface area contributed by atoms with E-state index >= 15 is 0 Å². The summed E-state index contributed by atoms with van der Waals surface area (Å²) in [7, 11) is 0. The van der Waals surface area contributed by atoms with Gasteiger partial charge in [-0.25, -0.2) is 0 Å². The lowest BCUT2D eigenvalue weighted by atomic mass is 9.92. The lowest BCUT2D eigenvalue weighted by molar-refractivity contribution is -0.128. The molecule has 0 aliphatic rings. The normalized spacial score (nSPS) is 14.8. The van der Waals surface area contributed by atoms with Crippen LogP contribution >= 0.6 is 11.3 Å². The van der Waals surface area contributed by atoms with E-state index in [2.05, 4.69) is 20.9 Å². The molecule has 1 amide bonds. The van der Waals surface area contributed by atoms with Crippen LogP contribution in [-0.4, -0.2) is 43.2 Å². The van der Waals surface area contributed by atoms with Crippen LogP contribution in [0.15, 0.2) is 21.8 Å². The van der Waals surface area contributed by atoms with Gasteiger partial charge in [-0.1, -0.05) is 0 Å². The molecule has 0 radical (unpaired) electrons. The standard InChI is InChI=1S/C17H30N4O2S/c1-6-18-14(22)16(3,4)11-20-15(19-7-2)21-12-17(5,23)13-8-9-24-10-13/h8-10,23H,6-7,11-12H2,1-5H3,(H,18,22)(H2,19,20,21). The molecular weight excluding hydrogens is 324 g/mol. The Bertz CT molecular complexity index is 539. The first-order chi connectivity index (χ1) is 11.2. The minimum atomic E-state index is -0.981. The van der Waals surface area contributed by atoms with E-state index in [1.165, 1.54) is 0 Å². The van der Waals surface area contributed by atoms with Crippen molar-refractivity contribution in [1.29, 1.82) is 0 Å². The Labute approximate surface area is 148 Å². The Kier molecular flexibility index (Phi) is 7.69. The SMILES string of the molecule is CCNC(=O)C(C)(C)CN=C(NCC)NCC(C)(O)c1ccsc1. The van der Waals surface area contributed by atoms with E-state index in [1.807, 2.05) is 44.5 Å². The molecule has 7 heteroatoms. The van der Waals surface area contributed by atoms with Gasteiger partial charge in [0.05, 0.1) is 18.5 Å². The summed E-state index contributed by atoms with van der Waals surface area (Å²) in [6.45, 7) is 11.4. The predicted molar refractivity (Wildman–Crippen MR) is 100 cm³/mol. The molecule has 1 aromatic heterocycles. The summed E-state index contributed by atoms with van der Waals surface area (Å²) in [4.78, 5) is 16.5. The van der Waals surface area contributed by atoms with Crippen LogP contribution in [0.3, 0.4) is 0 Å². The summed E-state index contributed by atoms with van der Waals surface area (Å²) in [5.74, 6) is 0.570. The monoisotopic (exact) mass is 354 g/mol. The molecule has 136 valence electrons. The summed E-state index contributed by atoms with van der Waals surface area (Å²) in [5.41, 5.74) is -0.696. The smallest absolute Gasteiger partial charge is 0.227 e. The van der Waals surface area contributed by atoms with Gasteiger partial charge in [0.2, 0.25) is 5.91 Å². The highest BCUT2D eigenvalue weighted by molar-refractivity contribution is 7.08. The molecule has 0 aromatic carbocycles. The number of rotatable bonds is 8. The second-order valence-electron chi connectivity index (χ2n) is 6.58. The molecule has 6 nitrogen and oxygen atoms in total. The molecule has 1 unspecified atom stereocenters. The van der Waals surface area contributed by atoms with Crippen molar-refractivity contribution < 1.29 is 9.90 Å². The maximum absolute atomic E-state index is 12.0. The van der Waals surface area contributed by atoms with Gasteiger partial charge in [0.25, 0.3) is 0 Å². The van der Waals surface area contributed by atoms with E-state index in [-0.39, 0.29) is 5.91 Å². The number of guanidine groups is 1. The zero-order valence-electron chi connectivity index (χ0n) is 15.3. The molecule has 24 heavy (non-hydrogen) atoms.